The van der Waals surface area contributed by atoms with Crippen LogP contribution in [0.2, 0.25) is 0 Å². The van der Waals surface area contributed by atoms with E-state index in [1.54, 1.807) is 13.4 Å². The number of hydrogen-bond donors (Lipinski definition) is 2. The van der Waals surface area contributed by atoms with Gasteiger partial charge < -0.3 is 15.2 Å². The Labute approximate surface area is 149 Å². The molecule has 2 heterocycles. The van der Waals surface area contributed by atoms with Gasteiger partial charge in [0.2, 0.25) is 0 Å². The van der Waals surface area contributed by atoms with Gasteiger partial charge in [0.1, 0.15) is 12.2 Å². The zero-order chi connectivity index (χ0) is 18.2. The van der Waals surface area contributed by atoms with Crippen LogP contribution >= 0.6 is 0 Å². The average Bonchev–Trinajstić information content (AvgIpc) is 3.20. The van der Waals surface area contributed by atoms with E-state index < -0.39 is 0 Å². The summed E-state index contributed by atoms with van der Waals surface area (Å²) in [5.74, 6) is 1.79. The van der Waals surface area contributed by atoms with Crippen LogP contribution in [0, 0.1) is 0 Å². The first kappa shape index (κ1) is 19.0. The zero-order valence-electron chi connectivity index (χ0n) is 16.0. The summed E-state index contributed by atoms with van der Waals surface area (Å²) in [6, 6.07) is 0. The lowest BCUT2D eigenvalue weighted by atomic mass is 10.1. The molecule has 0 saturated heterocycles. The smallest absolute Gasteiger partial charge is 0.191 e. The summed E-state index contributed by atoms with van der Waals surface area (Å²) in [6.07, 6.45) is 4.56. The Bertz CT molecular complexity index is 698. The second-order valence-corrected chi connectivity index (χ2v) is 5.85. The normalized spacial score (nSPS) is 11.8. The molecule has 0 aromatic carbocycles. The van der Waals surface area contributed by atoms with Crippen molar-refractivity contribution >= 4 is 5.96 Å². The first-order valence-corrected chi connectivity index (χ1v) is 8.99. The third-order valence-corrected chi connectivity index (χ3v) is 4.34. The number of hydrogen-bond acceptors (Lipinski definition) is 4. The molecule has 0 radical (unpaired) electrons. The molecule has 2 aromatic heterocycles. The second kappa shape index (κ2) is 9.19. The highest BCUT2D eigenvalue weighted by molar-refractivity contribution is 5.79. The van der Waals surface area contributed by atoms with Crippen LogP contribution in [0.5, 0.6) is 0 Å². The van der Waals surface area contributed by atoms with Crippen LogP contribution in [-0.2, 0) is 39.4 Å². The first-order valence-electron chi connectivity index (χ1n) is 8.99. The predicted octanol–water partition coefficient (Wildman–Crippen LogP) is 1.06. The van der Waals surface area contributed by atoms with Crippen molar-refractivity contribution < 1.29 is 0 Å². The number of guanidine groups is 1. The summed E-state index contributed by atoms with van der Waals surface area (Å²) in [5.41, 5.74) is 3.71. The van der Waals surface area contributed by atoms with Crippen molar-refractivity contribution in [2.24, 2.45) is 12.0 Å². The van der Waals surface area contributed by atoms with E-state index in [1.165, 1.54) is 11.3 Å². The fraction of sp³-hybridized carbons (Fsp3) is 0.647. The van der Waals surface area contributed by atoms with Gasteiger partial charge in [-0.05, 0) is 12.8 Å². The van der Waals surface area contributed by atoms with Gasteiger partial charge in [0.15, 0.2) is 5.96 Å². The minimum Gasteiger partial charge on any atom is -0.355 e. The Morgan fingerprint density at radius 3 is 2.60 bits per heavy atom. The SMILES string of the molecule is CCc1nn(C)c(CC)c1CNC(=NC)NCCn1cnnc1CC. The number of aliphatic imine (C=N–C) groups is 1. The summed E-state index contributed by atoms with van der Waals surface area (Å²) in [4.78, 5) is 4.31. The molecule has 2 rings (SSSR count). The minimum atomic E-state index is 0.729. The molecule has 138 valence electrons. The molecule has 2 aromatic rings. The van der Waals surface area contributed by atoms with E-state index in [-0.39, 0.29) is 0 Å². The van der Waals surface area contributed by atoms with Crippen molar-refractivity contribution in [2.75, 3.05) is 13.6 Å². The van der Waals surface area contributed by atoms with Crippen molar-refractivity contribution in [3.8, 4) is 0 Å². The Kier molecular flexibility index (Phi) is 6.97. The predicted molar refractivity (Wildman–Crippen MR) is 99.6 cm³/mol. The van der Waals surface area contributed by atoms with Crippen molar-refractivity contribution in [1.29, 1.82) is 0 Å². The van der Waals surface area contributed by atoms with Gasteiger partial charge >= 0.3 is 0 Å². The van der Waals surface area contributed by atoms with E-state index in [0.29, 0.717) is 0 Å². The summed E-state index contributed by atoms with van der Waals surface area (Å²) in [6.45, 7) is 8.69. The maximum absolute atomic E-state index is 4.62. The van der Waals surface area contributed by atoms with Crippen molar-refractivity contribution in [1.82, 2.24) is 35.2 Å². The lowest BCUT2D eigenvalue weighted by Gasteiger charge is -2.13. The summed E-state index contributed by atoms with van der Waals surface area (Å²) in [5, 5.41) is 19.4. The van der Waals surface area contributed by atoms with Crippen LogP contribution in [-0.4, -0.2) is 44.1 Å². The highest BCUT2D eigenvalue weighted by Gasteiger charge is 2.13. The number of nitrogens with zero attached hydrogens (tertiary/aromatic N) is 6. The van der Waals surface area contributed by atoms with Crippen LogP contribution in [0.15, 0.2) is 11.3 Å². The molecule has 0 bridgehead atoms. The van der Waals surface area contributed by atoms with Gasteiger partial charge in [-0.3, -0.25) is 9.67 Å². The van der Waals surface area contributed by atoms with E-state index in [2.05, 4.69) is 56.3 Å². The van der Waals surface area contributed by atoms with Gasteiger partial charge in [0.25, 0.3) is 0 Å². The van der Waals surface area contributed by atoms with Crippen molar-refractivity contribution in [3.05, 3.63) is 29.1 Å². The Morgan fingerprint density at radius 1 is 1.16 bits per heavy atom. The minimum absolute atomic E-state index is 0.729. The standard InChI is InChI=1S/C17H30N8/c1-6-14-13(15(7-2)24(5)23-14)11-20-17(18-4)19-9-10-25-12-21-22-16(25)8-3/h12H,6-11H2,1-5H3,(H2,18,19,20). The van der Waals surface area contributed by atoms with Crippen LogP contribution < -0.4 is 10.6 Å². The van der Waals surface area contributed by atoms with E-state index in [1.807, 2.05) is 11.7 Å². The molecule has 0 aliphatic heterocycles. The molecule has 8 heteroatoms. The number of rotatable bonds is 8. The van der Waals surface area contributed by atoms with Gasteiger partial charge in [-0.2, -0.15) is 5.10 Å². The molecule has 0 amide bonds. The Balaban J connectivity index is 1.91. The van der Waals surface area contributed by atoms with Gasteiger partial charge in [-0.25, -0.2) is 0 Å². The average molecular weight is 346 g/mol. The number of nitrogens with one attached hydrogen (secondary N) is 2. The molecule has 0 fully saturated rings. The third kappa shape index (κ3) is 4.58. The maximum atomic E-state index is 4.62. The van der Waals surface area contributed by atoms with Gasteiger partial charge in [0.05, 0.1) is 5.69 Å². The molecule has 0 saturated carbocycles. The Hall–Kier alpha value is -2.38. The molecule has 0 spiro atoms. The van der Waals surface area contributed by atoms with Gasteiger partial charge in [0, 0.05) is 51.4 Å². The number of aromatic nitrogens is 5. The van der Waals surface area contributed by atoms with E-state index >= 15 is 0 Å². The summed E-state index contributed by atoms with van der Waals surface area (Å²) >= 11 is 0. The van der Waals surface area contributed by atoms with E-state index in [4.69, 9.17) is 0 Å². The third-order valence-electron chi connectivity index (χ3n) is 4.34. The lowest BCUT2D eigenvalue weighted by Crippen LogP contribution is -2.38. The Morgan fingerprint density at radius 2 is 1.96 bits per heavy atom. The molecule has 25 heavy (non-hydrogen) atoms. The molecule has 0 unspecified atom stereocenters. The van der Waals surface area contributed by atoms with Gasteiger partial charge in [-0.15, -0.1) is 10.2 Å². The fourth-order valence-corrected chi connectivity index (χ4v) is 3.02. The molecule has 0 aliphatic rings. The lowest BCUT2D eigenvalue weighted by molar-refractivity contribution is 0.632. The molecule has 0 aliphatic carbocycles. The fourth-order valence-electron chi connectivity index (χ4n) is 3.02. The molecule has 0 atom stereocenters. The second-order valence-electron chi connectivity index (χ2n) is 5.85. The monoisotopic (exact) mass is 346 g/mol. The zero-order valence-corrected chi connectivity index (χ0v) is 16.0. The van der Waals surface area contributed by atoms with E-state index in [9.17, 15) is 0 Å². The molecule has 8 nitrogen and oxygen atoms in total. The summed E-state index contributed by atoms with van der Waals surface area (Å²) in [7, 11) is 3.80. The quantitative estimate of drug-likeness (QED) is 0.551. The van der Waals surface area contributed by atoms with Gasteiger partial charge in [-0.1, -0.05) is 20.8 Å². The van der Waals surface area contributed by atoms with E-state index in [0.717, 1.165) is 56.4 Å². The molecular formula is C17H30N8. The first-order chi connectivity index (χ1) is 12.1. The van der Waals surface area contributed by atoms with Crippen LogP contribution in [0.4, 0.5) is 0 Å². The van der Waals surface area contributed by atoms with Crippen LogP contribution in [0.1, 0.15) is 43.5 Å². The number of aryl methyl sites for hydroxylation is 3. The van der Waals surface area contributed by atoms with Crippen molar-refractivity contribution in [2.45, 2.75) is 53.1 Å². The van der Waals surface area contributed by atoms with Crippen LogP contribution in [0.25, 0.3) is 0 Å². The highest BCUT2D eigenvalue weighted by Crippen LogP contribution is 2.15. The van der Waals surface area contributed by atoms with Crippen LogP contribution in [0.3, 0.4) is 0 Å². The molecular weight excluding hydrogens is 316 g/mol. The maximum Gasteiger partial charge on any atom is 0.191 e. The topological polar surface area (TPSA) is 85.0 Å². The molecule has 2 N–H and O–H groups in total. The highest BCUT2D eigenvalue weighted by atomic mass is 15.3. The largest absolute Gasteiger partial charge is 0.355 e. The van der Waals surface area contributed by atoms with Crippen molar-refractivity contribution in [3.63, 3.8) is 0 Å². The summed E-state index contributed by atoms with van der Waals surface area (Å²) < 4.78 is 4.05.